The van der Waals surface area contributed by atoms with E-state index in [4.69, 9.17) is 18.9 Å². The van der Waals surface area contributed by atoms with Gasteiger partial charge in [-0.05, 0) is 18.6 Å². The summed E-state index contributed by atoms with van der Waals surface area (Å²) < 4.78 is 21.8. The van der Waals surface area contributed by atoms with E-state index in [2.05, 4.69) is 6.92 Å². The van der Waals surface area contributed by atoms with Crippen LogP contribution in [0.1, 0.15) is 45.4 Å². The average Bonchev–Trinajstić information content (AvgIpc) is 2.68. The molecule has 0 amide bonds. The van der Waals surface area contributed by atoms with E-state index in [1.165, 1.54) is 44.2 Å². The number of nitro benzene ring substituents is 1. The Morgan fingerprint density at radius 3 is 1.85 bits per heavy atom. The zero-order valence-electron chi connectivity index (χ0n) is 16.4. The molecule has 27 heavy (non-hydrogen) atoms. The minimum absolute atomic E-state index is 0.0479. The van der Waals surface area contributed by atoms with Crippen molar-refractivity contribution >= 4 is 5.69 Å². The number of nitro groups is 1. The van der Waals surface area contributed by atoms with Gasteiger partial charge < -0.3 is 18.9 Å². The third-order valence-corrected chi connectivity index (χ3v) is 3.93. The van der Waals surface area contributed by atoms with Crippen molar-refractivity contribution in [3.05, 3.63) is 34.4 Å². The maximum atomic E-state index is 10.6. The molecule has 0 N–H and O–H groups in total. The molecule has 0 unspecified atom stereocenters. The maximum absolute atomic E-state index is 10.6. The van der Waals surface area contributed by atoms with Crippen molar-refractivity contribution in [1.82, 2.24) is 0 Å². The quantitative estimate of drug-likeness (QED) is 0.213. The number of nitrogens with zero attached hydrogens (tertiary/aromatic N) is 1. The first kappa shape index (κ1) is 23.3. The first-order valence-electron chi connectivity index (χ1n) is 9.84. The molecular weight excluding hydrogens is 350 g/mol. The van der Waals surface area contributed by atoms with Gasteiger partial charge in [-0.25, -0.2) is 0 Å². The Bertz CT molecular complexity index is 480. The van der Waals surface area contributed by atoms with Gasteiger partial charge in [-0.15, -0.1) is 0 Å². The highest BCUT2D eigenvalue weighted by Gasteiger charge is 2.04. The second-order valence-corrected chi connectivity index (χ2v) is 6.20. The number of unbranched alkanes of at least 4 members (excludes halogenated alkanes) is 5. The van der Waals surface area contributed by atoms with E-state index in [0.29, 0.717) is 45.4 Å². The number of rotatable bonds is 18. The molecule has 0 bridgehead atoms. The standard InChI is InChI=1S/C20H33NO6/c1-2-3-4-5-6-7-12-24-13-14-25-15-16-26-17-18-27-20-10-8-19(9-11-20)21(22)23/h8-11H,2-7,12-18H2,1H3. The highest BCUT2D eigenvalue weighted by Crippen LogP contribution is 2.17. The van der Waals surface area contributed by atoms with Gasteiger partial charge in [0.05, 0.1) is 38.0 Å². The van der Waals surface area contributed by atoms with Gasteiger partial charge in [0.15, 0.2) is 0 Å². The Morgan fingerprint density at radius 1 is 0.741 bits per heavy atom. The van der Waals surface area contributed by atoms with Crippen LogP contribution in [0.3, 0.4) is 0 Å². The number of hydrogen-bond acceptors (Lipinski definition) is 6. The van der Waals surface area contributed by atoms with Crippen LogP contribution in [0.4, 0.5) is 5.69 Å². The molecule has 0 radical (unpaired) electrons. The highest BCUT2D eigenvalue weighted by molar-refractivity contribution is 5.35. The number of ether oxygens (including phenoxy) is 4. The van der Waals surface area contributed by atoms with Crippen LogP contribution in [-0.4, -0.2) is 51.2 Å². The summed E-state index contributed by atoms with van der Waals surface area (Å²) >= 11 is 0. The van der Waals surface area contributed by atoms with E-state index in [1.807, 2.05) is 0 Å². The van der Waals surface area contributed by atoms with Gasteiger partial charge in [0.1, 0.15) is 12.4 Å². The fourth-order valence-corrected chi connectivity index (χ4v) is 2.41. The zero-order chi connectivity index (χ0) is 19.6. The van der Waals surface area contributed by atoms with Gasteiger partial charge in [-0.1, -0.05) is 39.0 Å². The minimum Gasteiger partial charge on any atom is -0.491 e. The van der Waals surface area contributed by atoms with Crippen LogP contribution in [0.5, 0.6) is 5.75 Å². The summed E-state index contributed by atoms with van der Waals surface area (Å²) in [6, 6.07) is 5.98. The third-order valence-electron chi connectivity index (χ3n) is 3.93. The number of hydrogen-bond donors (Lipinski definition) is 0. The van der Waals surface area contributed by atoms with Gasteiger partial charge in [0.2, 0.25) is 0 Å². The molecule has 0 saturated carbocycles. The van der Waals surface area contributed by atoms with Crippen LogP contribution >= 0.6 is 0 Å². The van der Waals surface area contributed by atoms with Gasteiger partial charge >= 0.3 is 0 Å². The van der Waals surface area contributed by atoms with Gasteiger partial charge in [0, 0.05) is 18.7 Å². The molecule has 0 saturated heterocycles. The molecule has 7 heteroatoms. The summed E-state index contributed by atoms with van der Waals surface area (Å²) in [5.74, 6) is 0.586. The lowest BCUT2D eigenvalue weighted by molar-refractivity contribution is -0.384. The van der Waals surface area contributed by atoms with Crippen molar-refractivity contribution < 1.29 is 23.9 Å². The van der Waals surface area contributed by atoms with E-state index < -0.39 is 4.92 Å². The van der Waals surface area contributed by atoms with Crippen molar-refractivity contribution in [1.29, 1.82) is 0 Å². The molecular formula is C20H33NO6. The third kappa shape index (κ3) is 13.2. The van der Waals surface area contributed by atoms with Gasteiger partial charge in [0.25, 0.3) is 5.69 Å². The van der Waals surface area contributed by atoms with Crippen molar-refractivity contribution in [2.24, 2.45) is 0 Å². The number of benzene rings is 1. The molecule has 0 aliphatic rings. The van der Waals surface area contributed by atoms with E-state index >= 15 is 0 Å². The Hall–Kier alpha value is -1.70. The molecule has 154 valence electrons. The summed E-state index contributed by atoms with van der Waals surface area (Å²) in [6.07, 6.45) is 7.63. The van der Waals surface area contributed by atoms with Crippen LogP contribution in [0.25, 0.3) is 0 Å². The molecule has 0 aromatic heterocycles. The van der Waals surface area contributed by atoms with Crippen molar-refractivity contribution in [3.63, 3.8) is 0 Å². The van der Waals surface area contributed by atoms with E-state index in [9.17, 15) is 10.1 Å². The molecule has 0 heterocycles. The van der Waals surface area contributed by atoms with E-state index in [1.54, 1.807) is 12.1 Å². The first-order valence-corrected chi connectivity index (χ1v) is 9.84. The van der Waals surface area contributed by atoms with Crippen LogP contribution in [0.2, 0.25) is 0 Å². The fourth-order valence-electron chi connectivity index (χ4n) is 2.41. The lowest BCUT2D eigenvalue weighted by Gasteiger charge is -2.08. The number of non-ortho nitro benzene ring substituents is 1. The molecule has 0 fully saturated rings. The second-order valence-electron chi connectivity index (χ2n) is 6.20. The minimum atomic E-state index is -0.438. The molecule has 0 aliphatic carbocycles. The normalized spacial score (nSPS) is 10.9. The van der Waals surface area contributed by atoms with Crippen LogP contribution in [-0.2, 0) is 14.2 Å². The van der Waals surface area contributed by atoms with E-state index in [-0.39, 0.29) is 5.69 Å². The largest absolute Gasteiger partial charge is 0.491 e. The van der Waals surface area contributed by atoms with Gasteiger partial charge in [-0.3, -0.25) is 10.1 Å². The van der Waals surface area contributed by atoms with Crippen LogP contribution in [0, 0.1) is 10.1 Å². The topological polar surface area (TPSA) is 80.1 Å². The molecule has 1 aromatic rings. The summed E-state index contributed by atoms with van der Waals surface area (Å²) in [5, 5.41) is 10.6. The van der Waals surface area contributed by atoms with Crippen molar-refractivity contribution in [2.75, 3.05) is 46.2 Å². The maximum Gasteiger partial charge on any atom is 0.269 e. The Balaban J connectivity index is 1.81. The zero-order valence-corrected chi connectivity index (χ0v) is 16.4. The molecule has 0 atom stereocenters. The van der Waals surface area contributed by atoms with Crippen LogP contribution < -0.4 is 4.74 Å². The molecule has 7 nitrogen and oxygen atoms in total. The van der Waals surface area contributed by atoms with Crippen LogP contribution in [0.15, 0.2) is 24.3 Å². The highest BCUT2D eigenvalue weighted by atomic mass is 16.6. The molecule has 0 aliphatic heterocycles. The summed E-state index contributed by atoms with van der Waals surface area (Å²) in [5.41, 5.74) is 0.0479. The SMILES string of the molecule is CCCCCCCCOCCOCCOCCOc1ccc([N+](=O)[O-])cc1. The lowest BCUT2D eigenvalue weighted by atomic mass is 10.1. The molecule has 1 aromatic carbocycles. The molecule has 0 spiro atoms. The summed E-state index contributed by atoms with van der Waals surface area (Å²) in [4.78, 5) is 10.1. The van der Waals surface area contributed by atoms with Gasteiger partial charge in [-0.2, -0.15) is 0 Å². The smallest absolute Gasteiger partial charge is 0.269 e. The first-order chi connectivity index (χ1) is 13.2. The fraction of sp³-hybridized carbons (Fsp3) is 0.700. The van der Waals surface area contributed by atoms with Crippen molar-refractivity contribution in [3.8, 4) is 5.75 Å². The Labute approximate surface area is 162 Å². The lowest BCUT2D eigenvalue weighted by Crippen LogP contribution is -2.13. The second kappa shape index (κ2) is 16.5. The predicted molar refractivity (Wildman–Crippen MR) is 104 cm³/mol. The predicted octanol–water partition coefficient (Wildman–Crippen LogP) is 4.38. The molecule has 1 rings (SSSR count). The summed E-state index contributed by atoms with van der Waals surface area (Å²) in [6.45, 7) is 6.10. The average molecular weight is 383 g/mol. The Kier molecular flexibility index (Phi) is 14.2. The van der Waals surface area contributed by atoms with Crippen molar-refractivity contribution in [2.45, 2.75) is 45.4 Å². The van der Waals surface area contributed by atoms with E-state index in [0.717, 1.165) is 13.0 Å². The summed E-state index contributed by atoms with van der Waals surface area (Å²) in [7, 11) is 0. The monoisotopic (exact) mass is 383 g/mol. The Morgan fingerprint density at radius 2 is 1.26 bits per heavy atom.